The molecule has 2 saturated heterocycles. The van der Waals surface area contributed by atoms with Crippen molar-refractivity contribution in [3.63, 3.8) is 0 Å². The van der Waals surface area contributed by atoms with Crippen molar-refractivity contribution in [3.8, 4) is 0 Å². The van der Waals surface area contributed by atoms with Crippen LogP contribution >= 0.6 is 12.4 Å². The van der Waals surface area contributed by atoms with E-state index in [-0.39, 0.29) is 23.2 Å². The normalized spacial score (nSPS) is 20.3. The van der Waals surface area contributed by atoms with Crippen LogP contribution in [0.25, 0.3) is 0 Å². The van der Waals surface area contributed by atoms with Crippen molar-refractivity contribution in [1.29, 1.82) is 0 Å². The Bertz CT molecular complexity index is 717. The zero-order valence-corrected chi connectivity index (χ0v) is 16.4. The van der Waals surface area contributed by atoms with Gasteiger partial charge in [-0.15, -0.1) is 12.4 Å². The largest absolute Gasteiger partial charge is 0.379 e. The molecule has 26 heavy (non-hydrogen) atoms. The number of hydrogen-bond donors (Lipinski definition) is 1. The zero-order chi connectivity index (χ0) is 17.9. The Balaban J connectivity index is 0.00000243. The van der Waals surface area contributed by atoms with Gasteiger partial charge in [0.2, 0.25) is 10.0 Å². The summed E-state index contributed by atoms with van der Waals surface area (Å²) in [7, 11) is -1.56. The molecule has 1 amide bonds. The number of carbonyl (C=O) groups excluding carboxylic acids is 1. The predicted molar refractivity (Wildman–Crippen MR) is 99.8 cm³/mol. The maximum atomic E-state index is 12.7. The van der Waals surface area contributed by atoms with E-state index in [1.807, 2.05) is 12.1 Å². The number of sulfonamides is 1. The Hall–Kier alpha value is -1.23. The van der Waals surface area contributed by atoms with Crippen LogP contribution in [-0.2, 0) is 14.8 Å². The number of hydrogen-bond acceptors (Lipinski definition) is 6. The Kier molecular flexibility index (Phi) is 7.39. The van der Waals surface area contributed by atoms with Crippen molar-refractivity contribution in [2.75, 3.05) is 59.5 Å². The standard InChI is InChI=1S/C16H24N4O4S.ClH/c1-18-5-7-19(8-6-18)17-16(21)14-3-2-4-15(13-14)25(22,23)20-9-11-24-12-10-20;/h2-4,13H,5-12H2,1H3,(H,17,21);1H. The van der Waals surface area contributed by atoms with Crippen LogP contribution in [0.2, 0.25) is 0 Å². The van der Waals surface area contributed by atoms with Gasteiger partial charge in [0.25, 0.3) is 5.91 Å². The van der Waals surface area contributed by atoms with Gasteiger partial charge in [0.05, 0.1) is 18.1 Å². The predicted octanol–water partition coefficient (Wildman–Crippen LogP) is 0.0215. The van der Waals surface area contributed by atoms with E-state index in [2.05, 4.69) is 10.3 Å². The molecule has 3 rings (SSSR count). The monoisotopic (exact) mass is 404 g/mol. The number of amides is 1. The highest BCUT2D eigenvalue weighted by Crippen LogP contribution is 2.18. The Morgan fingerprint density at radius 2 is 1.73 bits per heavy atom. The highest BCUT2D eigenvalue weighted by atomic mass is 35.5. The molecule has 8 nitrogen and oxygen atoms in total. The van der Waals surface area contributed by atoms with Gasteiger partial charge < -0.3 is 9.64 Å². The summed E-state index contributed by atoms with van der Waals surface area (Å²) < 4.78 is 32.0. The lowest BCUT2D eigenvalue weighted by Gasteiger charge is -2.32. The van der Waals surface area contributed by atoms with Crippen molar-refractivity contribution >= 4 is 28.3 Å². The first-order valence-corrected chi connectivity index (χ1v) is 9.83. The van der Waals surface area contributed by atoms with Crippen molar-refractivity contribution in [2.24, 2.45) is 0 Å². The highest BCUT2D eigenvalue weighted by molar-refractivity contribution is 7.89. The molecule has 146 valence electrons. The number of hydrazine groups is 1. The minimum Gasteiger partial charge on any atom is -0.379 e. The fraction of sp³-hybridized carbons (Fsp3) is 0.562. The zero-order valence-electron chi connectivity index (χ0n) is 14.8. The molecule has 2 fully saturated rings. The van der Waals surface area contributed by atoms with E-state index in [9.17, 15) is 13.2 Å². The molecule has 2 heterocycles. The van der Waals surface area contributed by atoms with Gasteiger partial charge in [0, 0.05) is 44.8 Å². The van der Waals surface area contributed by atoms with Gasteiger partial charge in [-0.05, 0) is 25.2 Å². The van der Waals surface area contributed by atoms with Crippen LogP contribution in [0.5, 0.6) is 0 Å². The second kappa shape index (κ2) is 9.12. The number of halogens is 1. The molecule has 0 saturated carbocycles. The summed E-state index contributed by atoms with van der Waals surface area (Å²) in [6.07, 6.45) is 0. The molecule has 0 radical (unpaired) electrons. The number of ether oxygens (including phenoxy) is 1. The number of carbonyl (C=O) groups is 1. The first-order valence-electron chi connectivity index (χ1n) is 8.39. The van der Waals surface area contributed by atoms with Crippen LogP contribution in [0.1, 0.15) is 10.4 Å². The van der Waals surface area contributed by atoms with E-state index in [0.29, 0.717) is 31.9 Å². The molecular weight excluding hydrogens is 380 g/mol. The average molecular weight is 405 g/mol. The summed E-state index contributed by atoms with van der Waals surface area (Å²) in [6.45, 7) is 4.70. The molecule has 1 N–H and O–H groups in total. The molecule has 2 aliphatic heterocycles. The number of benzene rings is 1. The number of likely N-dealkylation sites (N-methyl/N-ethyl adjacent to an activating group) is 1. The van der Waals surface area contributed by atoms with Crippen LogP contribution in [0.15, 0.2) is 29.2 Å². The van der Waals surface area contributed by atoms with Gasteiger partial charge in [-0.2, -0.15) is 4.31 Å². The van der Waals surface area contributed by atoms with Gasteiger partial charge in [0.1, 0.15) is 0 Å². The van der Waals surface area contributed by atoms with Gasteiger partial charge in [-0.25, -0.2) is 13.4 Å². The van der Waals surface area contributed by atoms with Crippen LogP contribution in [-0.4, -0.2) is 88.1 Å². The summed E-state index contributed by atoms with van der Waals surface area (Å²) in [6, 6.07) is 6.20. The lowest BCUT2D eigenvalue weighted by molar-refractivity contribution is 0.0662. The maximum Gasteiger partial charge on any atom is 0.265 e. The lowest BCUT2D eigenvalue weighted by Crippen LogP contribution is -2.52. The van der Waals surface area contributed by atoms with Crippen molar-refractivity contribution < 1.29 is 17.9 Å². The van der Waals surface area contributed by atoms with E-state index in [1.165, 1.54) is 16.4 Å². The lowest BCUT2D eigenvalue weighted by atomic mass is 10.2. The highest BCUT2D eigenvalue weighted by Gasteiger charge is 2.27. The van der Waals surface area contributed by atoms with E-state index in [0.717, 1.165) is 26.2 Å². The minimum absolute atomic E-state index is 0. The molecule has 0 aliphatic carbocycles. The second-order valence-corrected chi connectivity index (χ2v) is 8.21. The number of morpholine rings is 1. The van der Waals surface area contributed by atoms with E-state index >= 15 is 0 Å². The average Bonchev–Trinajstić information content (AvgIpc) is 2.64. The molecule has 0 bridgehead atoms. The number of piperazine rings is 1. The SMILES string of the molecule is CN1CCN(NC(=O)c2cccc(S(=O)(=O)N3CCOCC3)c2)CC1.Cl. The van der Waals surface area contributed by atoms with Crippen LogP contribution in [0.3, 0.4) is 0 Å². The third-order valence-corrected chi connectivity index (χ3v) is 6.36. The van der Waals surface area contributed by atoms with Crippen LogP contribution in [0, 0.1) is 0 Å². The van der Waals surface area contributed by atoms with Crippen molar-refractivity contribution in [1.82, 2.24) is 19.6 Å². The maximum absolute atomic E-state index is 12.7. The van der Waals surface area contributed by atoms with Gasteiger partial charge >= 0.3 is 0 Å². The minimum atomic E-state index is -3.61. The third-order valence-electron chi connectivity index (χ3n) is 4.47. The number of nitrogens with zero attached hydrogens (tertiary/aromatic N) is 3. The van der Waals surface area contributed by atoms with Crippen LogP contribution in [0.4, 0.5) is 0 Å². The number of nitrogens with one attached hydrogen (secondary N) is 1. The summed E-state index contributed by atoms with van der Waals surface area (Å²) >= 11 is 0. The van der Waals surface area contributed by atoms with Crippen LogP contribution < -0.4 is 5.43 Å². The fourth-order valence-corrected chi connectivity index (χ4v) is 4.31. The summed E-state index contributed by atoms with van der Waals surface area (Å²) in [5.74, 6) is -0.288. The molecule has 0 aromatic heterocycles. The Morgan fingerprint density at radius 1 is 1.08 bits per heavy atom. The first kappa shape index (κ1) is 21.1. The molecular formula is C16H25ClN4O4S. The summed E-state index contributed by atoms with van der Waals surface area (Å²) in [5.41, 5.74) is 3.19. The Morgan fingerprint density at radius 3 is 2.38 bits per heavy atom. The topological polar surface area (TPSA) is 82.2 Å². The van der Waals surface area contributed by atoms with Gasteiger partial charge in [-0.3, -0.25) is 10.2 Å². The van der Waals surface area contributed by atoms with E-state index in [1.54, 1.807) is 12.1 Å². The molecule has 0 unspecified atom stereocenters. The van der Waals surface area contributed by atoms with E-state index < -0.39 is 10.0 Å². The molecule has 1 aromatic carbocycles. The molecule has 1 aromatic rings. The van der Waals surface area contributed by atoms with Gasteiger partial charge in [-0.1, -0.05) is 6.07 Å². The molecule has 0 atom stereocenters. The van der Waals surface area contributed by atoms with Gasteiger partial charge in [0.15, 0.2) is 0 Å². The third kappa shape index (κ3) is 4.93. The Labute approximate surface area is 160 Å². The molecule has 2 aliphatic rings. The molecule has 10 heteroatoms. The quantitative estimate of drug-likeness (QED) is 0.762. The summed E-state index contributed by atoms with van der Waals surface area (Å²) in [4.78, 5) is 14.8. The van der Waals surface area contributed by atoms with E-state index in [4.69, 9.17) is 4.74 Å². The van der Waals surface area contributed by atoms with Crippen molar-refractivity contribution in [3.05, 3.63) is 29.8 Å². The molecule has 0 spiro atoms. The first-order chi connectivity index (χ1) is 12.0. The smallest absolute Gasteiger partial charge is 0.265 e. The fourth-order valence-electron chi connectivity index (χ4n) is 2.86. The van der Waals surface area contributed by atoms with Crippen molar-refractivity contribution in [2.45, 2.75) is 4.90 Å². The second-order valence-electron chi connectivity index (χ2n) is 6.28. The number of rotatable bonds is 4. The summed E-state index contributed by atoms with van der Waals surface area (Å²) in [5, 5.41) is 1.87.